The molecule has 0 radical (unpaired) electrons. The van der Waals surface area contributed by atoms with Crippen molar-refractivity contribution in [3.8, 4) is 22.3 Å². The molecule has 0 spiro atoms. The van der Waals surface area contributed by atoms with Crippen LogP contribution in [0.3, 0.4) is 0 Å². The smallest absolute Gasteiger partial charge is 0.147 e. The molecule has 46 heavy (non-hydrogen) atoms. The molecule has 2 unspecified atom stereocenters. The summed E-state index contributed by atoms with van der Waals surface area (Å²) in [5, 5.41) is 5.27. The van der Waals surface area contributed by atoms with Gasteiger partial charge in [-0.1, -0.05) is 0 Å². The minimum absolute atomic E-state index is 0. The molecule has 2 atom stereocenters. The van der Waals surface area contributed by atoms with Crippen molar-refractivity contribution in [2.24, 2.45) is 0 Å². The van der Waals surface area contributed by atoms with Gasteiger partial charge in [-0.15, -0.1) is 24.8 Å². The molecule has 6 aromatic rings. The first-order valence-corrected chi connectivity index (χ1v) is 29.5. The summed E-state index contributed by atoms with van der Waals surface area (Å²) in [5.74, 6) is 0. The second kappa shape index (κ2) is 11.9. The molecule has 230 valence electrons. The van der Waals surface area contributed by atoms with Crippen LogP contribution >= 0.6 is 24.8 Å². The summed E-state index contributed by atoms with van der Waals surface area (Å²) in [6.07, 6.45) is 5.07. The van der Waals surface area contributed by atoms with Crippen LogP contribution in [0.15, 0.2) is 132 Å². The van der Waals surface area contributed by atoms with Gasteiger partial charge >= 0.3 is 265 Å². The van der Waals surface area contributed by atoms with E-state index in [4.69, 9.17) is 0 Å². The molecule has 0 aliphatic heterocycles. The normalized spacial score (nSPS) is 17.1. The van der Waals surface area contributed by atoms with Crippen molar-refractivity contribution < 1.29 is 17.4 Å². The number of hydrogen-bond acceptors (Lipinski definition) is 0. The molecule has 6 aromatic carbocycles. The van der Waals surface area contributed by atoms with Gasteiger partial charge in [0.15, 0.2) is 0 Å². The molecule has 0 nitrogen and oxygen atoms in total. The molecule has 0 aromatic heterocycles. The van der Waals surface area contributed by atoms with Crippen LogP contribution in [0.25, 0.3) is 56.0 Å². The van der Waals surface area contributed by atoms with Gasteiger partial charge in [0.05, 0.1) is 0 Å². The van der Waals surface area contributed by atoms with E-state index < -0.39 is 17.4 Å². The monoisotopic (exact) mass is 732 g/mol. The van der Waals surface area contributed by atoms with Gasteiger partial charge in [0.25, 0.3) is 0 Å². The molecule has 2 aliphatic rings. The van der Waals surface area contributed by atoms with Crippen LogP contribution in [0.1, 0.15) is 43.4 Å². The largest absolute Gasteiger partial charge is 0.147 e. The van der Waals surface area contributed by atoms with Crippen molar-refractivity contribution >= 4 is 65.4 Å². The summed E-state index contributed by atoms with van der Waals surface area (Å²) in [4.78, 5) is 0. The summed E-state index contributed by atoms with van der Waals surface area (Å²) >= 11 is -3.62. The fraction of sp³-hybridized carbons (Fsp3) is 0.143. The van der Waals surface area contributed by atoms with Crippen molar-refractivity contribution in [2.45, 2.75) is 30.4 Å². The van der Waals surface area contributed by atoms with E-state index in [-0.39, 0.29) is 24.8 Å². The topological polar surface area (TPSA) is 0 Å². The average Bonchev–Trinajstić information content (AvgIpc) is 3.57. The van der Waals surface area contributed by atoms with Crippen LogP contribution in [0.5, 0.6) is 0 Å². The van der Waals surface area contributed by atoms with E-state index >= 15 is 0 Å². The summed E-state index contributed by atoms with van der Waals surface area (Å²) in [5.41, 5.74) is 14.5. The van der Waals surface area contributed by atoms with E-state index in [1.807, 2.05) is 0 Å². The quantitative estimate of drug-likeness (QED) is 0.158. The Kier molecular flexibility index (Phi) is 8.52. The zero-order chi connectivity index (χ0) is 30.2. The zero-order valence-corrected chi connectivity index (χ0v) is 32.4. The van der Waals surface area contributed by atoms with Gasteiger partial charge in [0.2, 0.25) is 0 Å². The van der Waals surface area contributed by atoms with Crippen LogP contribution in [0.4, 0.5) is 0 Å². The predicted molar refractivity (Wildman–Crippen MR) is 206 cm³/mol. The van der Waals surface area contributed by atoms with E-state index in [0.29, 0.717) is 7.25 Å². The van der Waals surface area contributed by atoms with Crippen molar-refractivity contribution in [1.82, 2.24) is 0 Å². The number of fused-ring (bicyclic) bond motifs is 4. The van der Waals surface area contributed by atoms with Crippen molar-refractivity contribution in [3.63, 3.8) is 0 Å². The van der Waals surface area contributed by atoms with E-state index in [9.17, 15) is 0 Å². The molecule has 0 amide bonds. The van der Waals surface area contributed by atoms with Gasteiger partial charge in [0.1, 0.15) is 0 Å². The molecule has 4 heteroatoms. The summed E-state index contributed by atoms with van der Waals surface area (Å²) < 4.78 is 6.48. The second-order valence-electron chi connectivity index (χ2n) is 14.2. The summed E-state index contributed by atoms with van der Waals surface area (Å²) in [6.45, 7) is 7.25. The fourth-order valence-corrected chi connectivity index (χ4v) is 30.4. The Hall–Kier alpha value is -3.00. The molecule has 0 fully saturated rings. The van der Waals surface area contributed by atoms with Crippen LogP contribution in [0, 0.1) is 0 Å². The van der Waals surface area contributed by atoms with Crippen molar-refractivity contribution in [1.29, 1.82) is 0 Å². The average molecular weight is 735 g/mol. The van der Waals surface area contributed by atoms with Gasteiger partial charge in [-0.3, -0.25) is 0 Å². The van der Waals surface area contributed by atoms with Gasteiger partial charge in [-0.25, -0.2) is 0 Å². The Morgan fingerprint density at radius 3 is 1.24 bits per heavy atom. The molecular formula is C42H40Cl2SiZr. The van der Waals surface area contributed by atoms with Crippen LogP contribution in [0.2, 0.25) is 9.26 Å². The van der Waals surface area contributed by atoms with E-state index in [1.54, 1.807) is 22.3 Å². The van der Waals surface area contributed by atoms with Crippen LogP contribution in [-0.4, -0.2) is 6.88 Å². The first kappa shape index (κ1) is 32.9. The standard InChI is InChI=1S/2C20H15.2CH3.2ClH.H2Si.Zr/c2*1-14-12-16-8-5-11-19(20(16)13-14)18-10-4-7-15-6-2-3-9-17(15)18;;;;;;/h2*2-13H,1H3;2*1H3;2*1H;1H2;. The van der Waals surface area contributed by atoms with E-state index in [2.05, 4.69) is 163 Å². The molecule has 8 rings (SSSR count). The third kappa shape index (κ3) is 4.96. The molecule has 0 heterocycles. The number of allylic oxidation sites excluding steroid dienone is 2. The van der Waals surface area contributed by atoms with Crippen molar-refractivity contribution in [3.05, 3.63) is 155 Å². The number of hydrogen-bond donors (Lipinski definition) is 0. The first-order chi connectivity index (χ1) is 21.2. The second-order valence-corrected chi connectivity index (χ2v) is 44.7. The van der Waals surface area contributed by atoms with Crippen LogP contribution in [-0.2, 0) is 17.4 Å². The Morgan fingerprint density at radius 1 is 0.457 bits per heavy atom. The summed E-state index contributed by atoms with van der Waals surface area (Å²) in [6, 6.07) is 45.3. The fourth-order valence-electron chi connectivity index (χ4n) is 9.18. The third-order valence-electron chi connectivity index (χ3n) is 10.6. The van der Waals surface area contributed by atoms with Gasteiger partial charge in [-0.05, 0) is 0 Å². The minimum Gasteiger partial charge on any atom is -0.147 e. The maximum Gasteiger partial charge on any atom is -0.147 e. The minimum atomic E-state index is -3.62. The Labute approximate surface area is 287 Å². The Bertz CT molecular complexity index is 2140. The maximum atomic E-state index is 2.74. The van der Waals surface area contributed by atoms with Gasteiger partial charge < -0.3 is 0 Å². The predicted octanol–water partition coefficient (Wildman–Crippen LogP) is 12.1. The number of benzene rings is 6. The van der Waals surface area contributed by atoms with Crippen LogP contribution < -0.4 is 0 Å². The van der Waals surface area contributed by atoms with Gasteiger partial charge in [0, 0.05) is 0 Å². The van der Waals surface area contributed by atoms with E-state index in [0.717, 1.165) is 0 Å². The van der Waals surface area contributed by atoms with Crippen molar-refractivity contribution in [2.75, 3.05) is 0 Å². The SMILES string of the molecule is CC1=Cc2c(-c3cccc4ccccc34)cccc2[CH]1[Zr]([CH3])([CH3])(=[SiH2])[CH]1C(C)=Cc2c(-c3cccc4ccccc34)cccc21.Cl.Cl. The number of halogens is 2. The Morgan fingerprint density at radius 2 is 0.804 bits per heavy atom. The molecule has 0 N–H and O–H groups in total. The third-order valence-corrected chi connectivity index (χ3v) is 28.5. The van der Waals surface area contributed by atoms with Gasteiger partial charge in [-0.2, -0.15) is 0 Å². The Balaban J connectivity index is 0.00000186. The molecular weight excluding hydrogens is 695 g/mol. The molecule has 0 saturated carbocycles. The first-order valence-electron chi connectivity index (χ1n) is 15.9. The zero-order valence-electron chi connectivity index (χ0n) is 26.9. The maximum absolute atomic E-state index is 3.62. The number of rotatable bonds is 4. The summed E-state index contributed by atoms with van der Waals surface area (Å²) in [7, 11) is 0. The molecule has 0 saturated heterocycles. The van der Waals surface area contributed by atoms with E-state index in [1.165, 1.54) is 54.9 Å². The molecule has 2 aliphatic carbocycles. The molecule has 0 bridgehead atoms.